The number of carbonyl (C=O) groups is 3. The Labute approximate surface area is 90.9 Å². The van der Waals surface area contributed by atoms with E-state index in [1.165, 1.54) is 6.92 Å². The molecule has 0 aliphatic heterocycles. The summed E-state index contributed by atoms with van der Waals surface area (Å²) >= 11 is 0. The molecule has 0 bridgehead atoms. The van der Waals surface area contributed by atoms with Gasteiger partial charge < -0.3 is 20.1 Å². The third-order valence-electron chi connectivity index (χ3n) is 1.57. The standard InChI is InChI=1S/C9H12O7/c1-5(2)16-7(12)4-9(15,8(13)14)3-6(10)11/h15H,1,3-4H2,2H3,(H,10,11)(H,13,14). The molecule has 0 aliphatic carbocycles. The first-order valence-electron chi connectivity index (χ1n) is 4.21. The first kappa shape index (κ1) is 14.1. The number of allylic oxidation sites excluding steroid dienone is 1. The van der Waals surface area contributed by atoms with Crippen LogP contribution in [0.25, 0.3) is 0 Å². The summed E-state index contributed by atoms with van der Waals surface area (Å²) in [6.45, 7) is 4.60. The van der Waals surface area contributed by atoms with E-state index in [1.807, 2.05) is 0 Å². The highest BCUT2D eigenvalue weighted by Gasteiger charge is 2.41. The van der Waals surface area contributed by atoms with E-state index in [2.05, 4.69) is 11.3 Å². The van der Waals surface area contributed by atoms with Crippen LogP contribution in [0, 0.1) is 0 Å². The second kappa shape index (κ2) is 5.26. The van der Waals surface area contributed by atoms with Crippen LogP contribution in [0.3, 0.4) is 0 Å². The number of carboxylic acid groups (broad SMARTS) is 2. The quantitative estimate of drug-likeness (QED) is 0.426. The molecule has 1 atom stereocenters. The Balaban J connectivity index is 4.68. The van der Waals surface area contributed by atoms with E-state index < -0.39 is 36.4 Å². The number of esters is 1. The van der Waals surface area contributed by atoms with E-state index in [0.29, 0.717) is 0 Å². The van der Waals surface area contributed by atoms with E-state index in [0.717, 1.165) is 0 Å². The van der Waals surface area contributed by atoms with Crippen LogP contribution < -0.4 is 0 Å². The van der Waals surface area contributed by atoms with Gasteiger partial charge in [-0.15, -0.1) is 0 Å². The maximum absolute atomic E-state index is 11.1. The maximum Gasteiger partial charge on any atom is 0.336 e. The molecule has 0 aromatic heterocycles. The molecule has 0 radical (unpaired) electrons. The minimum atomic E-state index is -2.67. The van der Waals surface area contributed by atoms with Crippen molar-refractivity contribution in [3.63, 3.8) is 0 Å². The van der Waals surface area contributed by atoms with Gasteiger partial charge in [-0.1, -0.05) is 6.58 Å². The molecule has 0 aromatic carbocycles. The molecular formula is C9H12O7. The number of aliphatic carboxylic acids is 2. The van der Waals surface area contributed by atoms with Gasteiger partial charge in [0.05, 0.1) is 18.6 Å². The van der Waals surface area contributed by atoms with Crippen LogP contribution in [0.4, 0.5) is 0 Å². The molecule has 90 valence electrons. The van der Waals surface area contributed by atoms with Crippen molar-refractivity contribution >= 4 is 17.9 Å². The number of hydrogen-bond donors (Lipinski definition) is 3. The van der Waals surface area contributed by atoms with Crippen LogP contribution >= 0.6 is 0 Å². The van der Waals surface area contributed by atoms with Gasteiger partial charge in [-0.25, -0.2) is 4.79 Å². The summed E-state index contributed by atoms with van der Waals surface area (Å²) in [5.74, 6) is -4.37. The maximum atomic E-state index is 11.1. The van der Waals surface area contributed by atoms with Gasteiger partial charge in [0.25, 0.3) is 0 Å². The predicted octanol–water partition coefficient (Wildman–Crippen LogP) is -0.256. The lowest BCUT2D eigenvalue weighted by Crippen LogP contribution is -2.43. The number of carboxylic acids is 2. The smallest absolute Gasteiger partial charge is 0.336 e. The summed E-state index contributed by atoms with van der Waals surface area (Å²) in [4.78, 5) is 32.0. The van der Waals surface area contributed by atoms with Gasteiger partial charge in [0.2, 0.25) is 0 Å². The van der Waals surface area contributed by atoms with Crippen molar-refractivity contribution in [2.75, 3.05) is 0 Å². The molecule has 0 aliphatic rings. The fraction of sp³-hybridized carbons (Fsp3) is 0.444. The zero-order chi connectivity index (χ0) is 12.9. The van der Waals surface area contributed by atoms with Crippen molar-refractivity contribution in [1.29, 1.82) is 0 Å². The Bertz CT molecular complexity index is 333. The summed E-state index contributed by atoms with van der Waals surface area (Å²) in [6, 6.07) is 0. The molecule has 0 amide bonds. The van der Waals surface area contributed by atoms with Crippen LogP contribution in [0.2, 0.25) is 0 Å². The van der Waals surface area contributed by atoms with Crippen LogP contribution in [0.15, 0.2) is 12.3 Å². The van der Waals surface area contributed by atoms with Crippen molar-refractivity contribution in [2.24, 2.45) is 0 Å². The van der Waals surface area contributed by atoms with Gasteiger partial charge in [0, 0.05) is 0 Å². The second-order valence-electron chi connectivity index (χ2n) is 3.26. The lowest BCUT2D eigenvalue weighted by molar-refractivity contribution is -0.170. The summed E-state index contributed by atoms with van der Waals surface area (Å²) in [6.07, 6.45) is -2.05. The molecule has 0 saturated carbocycles. The van der Waals surface area contributed by atoms with Gasteiger partial charge in [0.1, 0.15) is 0 Å². The minimum absolute atomic E-state index is 0.0214. The highest BCUT2D eigenvalue weighted by molar-refractivity contribution is 5.88. The van der Waals surface area contributed by atoms with E-state index in [4.69, 9.17) is 10.2 Å². The molecule has 7 nitrogen and oxygen atoms in total. The van der Waals surface area contributed by atoms with Gasteiger partial charge in [-0.3, -0.25) is 9.59 Å². The lowest BCUT2D eigenvalue weighted by Gasteiger charge is -2.19. The SMILES string of the molecule is C=C(C)OC(=O)CC(O)(CC(=O)O)C(=O)O. The number of hydrogen-bond acceptors (Lipinski definition) is 5. The normalized spacial score (nSPS) is 13.6. The van der Waals surface area contributed by atoms with Crippen molar-refractivity contribution in [1.82, 2.24) is 0 Å². The molecule has 0 fully saturated rings. The Morgan fingerprint density at radius 3 is 2.06 bits per heavy atom. The summed E-state index contributed by atoms with van der Waals surface area (Å²) in [5, 5.41) is 26.5. The third kappa shape index (κ3) is 4.56. The predicted molar refractivity (Wildman–Crippen MR) is 50.4 cm³/mol. The summed E-state index contributed by atoms with van der Waals surface area (Å²) in [5.41, 5.74) is -2.67. The van der Waals surface area contributed by atoms with Crippen LogP contribution in [-0.4, -0.2) is 38.8 Å². The van der Waals surface area contributed by atoms with Gasteiger partial charge in [0.15, 0.2) is 5.60 Å². The monoisotopic (exact) mass is 232 g/mol. The molecular weight excluding hydrogens is 220 g/mol. The third-order valence-corrected chi connectivity index (χ3v) is 1.57. The molecule has 0 spiro atoms. The van der Waals surface area contributed by atoms with Gasteiger partial charge in [-0.2, -0.15) is 0 Å². The number of ether oxygens (including phenoxy) is 1. The topological polar surface area (TPSA) is 121 Å². The molecule has 16 heavy (non-hydrogen) atoms. The van der Waals surface area contributed by atoms with Crippen molar-refractivity contribution in [2.45, 2.75) is 25.4 Å². The van der Waals surface area contributed by atoms with Crippen molar-refractivity contribution in [3.8, 4) is 0 Å². The van der Waals surface area contributed by atoms with Crippen LogP contribution in [0.5, 0.6) is 0 Å². The number of rotatable bonds is 6. The van der Waals surface area contributed by atoms with Crippen LogP contribution in [-0.2, 0) is 19.1 Å². The minimum Gasteiger partial charge on any atom is -0.481 e. The van der Waals surface area contributed by atoms with Crippen LogP contribution in [0.1, 0.15) is 19.8 Å². The van der Waals surface area contributed by atoms with E-state index >= 15 is 0 Å². The Morgan fingerprint density at radius 1 is 1.25 bits per heavy atom. The van der Waals surface area contributed by atoms with Crippen molar-refractivity contribution in [3.05, 3.63) is 12.3 Å². The van der Waals surface area contributed by atoms with Gasteiger partial charge >= 0.3 is 17.9 Å². The van der Waals surface area contributed by atoms with Gasteiger partial charge in [-0.05, 0) is 6.92 Å². The fourth-order valence-corrected chi connectivity index (χ4v) is 0.933. The highest BCUT2D eigenvalue weighted by Crippen LogP contribution is 2.17. The lowest BCUT2D eigenvalue weighted by atomic mass is 9.96. The Hall–Kier alpha value is -1.89. The highest BCUT2D eigenvalue weighted by atomic mass is 16.5. The van der Waals surface area contributed by atoms with E-state index in [-0.39, 0.29) is 5.76 Å². The molecule has 3 N–H and O–H groups in total. The average molecular weight is 232 g/mol. The fourth-order valence-electron chi connectivity index (χ4n) is 0.933. The molecule has 0 heterocycles. The molecule has 7 heteroatoms. The average Bonchev–Trinajstić information content (AvgIpc) is 1.98. The molecule has 0 saturated heterocycles. The Morgan fingerprint density at radius 2 is 1.75 bits per heavy atom. The van der Waals surface area contributed by atoms with E-state index in [9.17, 15) is 19.5 Å². The van der Waals surface area contributed by atoms with E-state index in [1.54, 1.807) is 0 Å². The largest absolute Gasteiger partial charge is 0.481 e. The van der Waals surface area contributed by atoms with Crippen molar-refractivity contribution < 1.29 is 34.4 Å². The Kier molecular flexibility index (Phi) is 4.64. The number of carbonyl (C=O) groups excluding carboxylic acids is 1. The zero-order valence-corrected chi connectivity index (χ0v) is 8.60. The summed E-state index contributed by atoms with van der Waals surface area (Å²) in [7, 11) is 0. The first-order valence-corrected chi connectivity index (χ1v) is 4.21. The summed E-state index contributed by atoms with van der Waals surface area (Å²) < 4.78 is 4.43. The second-order valence-corrected chi connectivity index (χ2v) is 3.26. The molecule has 1 unspecified atom stereocenters. The number of aliphatic hydroxyl groups is 1. The first-order chi connectivity index (χ1) is 7.17. The molecule has 0 aromatic rings. The molecule has 0 rings (SSSR count). The zero-order valence-electron chi connectivity index (χ0n) is 8.60.